The Morgan fingerprint density at radius 3 is 2.87 bits per heavy atom. The zero-order valence-corrected chi connectivity index (χ0v) is 12.9. The second kappa shape index (κ2) is 6.49. The Balaban J connectivity index is 1.74. The molecule has 0 saturated carbocycles. The Hall–Kier alpha value is -2.87. The molecule has 2 heterocycles. The average Bonchev–Trinajstić information content (AvgIpc) is 3.11. The largest absolute Gasteiger partial charge is 0.496 e. The molecule has 1 aliphatic heterocycles. The van der Waals surface area contributed by atoms with Gasteiger partial charge in [0.1, 0.15) is 17.5 Å². The highest BCUT2D eigenvalue weighted by atomic mass is 16.5. The quantitative estimate of drug-likeness (QED) is 0.874. The van der Waals surface area contributed by atoms with Crippen LogP contribution in [-0.4, -0.2) is 36.0 Å². The monoisotopic (exact) mass is 307 g/mol. The first-order chi connectivity index (χ1) is 11.2. The van der Waals surface area contributed by atoms with E-state index in [1.807, 2.05) is 29.2 Å². The molecule has 0 spiro atoms. The third kappa shape index (κ3) is 3.02. The van der Waals surface area contributed by atoms with E-state index in [2.05, 4.69) is 11.1 Å². The fourth-order valence-electron chi connectivity index (χ4n) is 2.97. The lowest BCUT2D eigenvalue weighted by molar-refractivity contribution is 0.0790. The van der Waals surface area contributed by atoms with Gasteiger partial charge >= 0.3 is 0 Å². The summed E-state index contributed by atoms with van der Waals surface area (Å²) in [6.07, 6.45) is 2.38. The molecule has 0 aliphatic carbocycles. The Labute approximate surface area is 135 Å². The van der Waals surface area contributed by atoms with Crippen molar-refractivity contribution in [2.75, 3.05) is 20.2 Å². The first-order valence-electron chi connectivity index (χ1n) is 7.51. The third-order valence-corrected chi connectivity index (χ3v) is 4.18. The van der Waals surface area contributed by atoms with Crippen molar-refractivity contribution in [3.63, 3.8) is 0 Å². The number of hydrogen-bond acceptors (Lipinski definition) is 4. The normalized spacial score (nSPS) is 16.9. The van der Waals surface area contributed by atoms with Crippen molar-refractivity contribution >= 4 is 5.91 Å². The number of aromatic nitrogens is 1. The molecule has 1 aromatic heterocycles. The molecule has 0 N–H and O–H groups in total. The van der Waals surface area contributed by atoms with Gasteiger partial charge in [-0.2, -0.15) is 5.26 Å². The first-order valence-corrected chi connectivity index (χ1v) is 7.51. The van der Waals surface area contributed by atoms with Gasteiger partial charge in [-0.15, -0.1) is 0 Å². The Morgan fingerprint density at radius 2 is 2.17 bits per heavy atom. The summed E-state index contributed by atoms with van der Waals surface area (Å²) >= 11 is 0. The topological polar surface area (TPSA) is 66.2 Å². The molecule has 1 atom stereocenters. The van der Waals surface area contributed by atoms with E-state index in [4.69, 9.17) is 10.00 Å². The highest BCUT2D eigenvalue weighted by molar-refractivity contribution is 5.94. The SMILES string of the molecule is COc1ccccc1C1CCN(C(=O)c2ccc(C#N)nc2)C1. The summed E-state index contributed by atoms with van der Waals surface area (Å²) in [7, 11) is 1.67. The highest BCUT2D eigenvalue weighted by Gasteiger charge is 2.29. The summed E-state index contributed by atoms with van der Waals surface area (Å²) < 4.78 is 5.42. The first kappa shape index (κ1) is 15.0. The van der Waals surface area contributed by atoms with Crippen molar-refractivity contribution in [1.82, 2.24) is 9.88 Å². The minimum Gasteiger partial charge on any atom is -0.496 e. The molecule has 3 rings (SSSR count). The average molecular weight is 307 g/mol. The molecule has 116 valence electrons. The molecule has 1 aliphatic rings. The van der Waals surface area contributed by atoms with Crippen LogP contribution in [0.5, 0.6) is 5.75 Å². The van der Waals surface area contributed by atoms with Crippen molar-refractivity contribution in [1.29, 1.82) is 5.26 Å². The van der Waals surface area contributed by atoms with E-state index in [0.29, 0.717) is 24.3 Å². The lowest BCUT2D eigenvalue weighted by atomic mass is 9.97. The summed E-state index contributed by atoms with van der Waals surface area (Å²) in [6, 6.07) is 13.1. The van der Waals surface area contributed by atoms with Gasteiger partial charge in [-0.1, -0.05) is 18.2 Å². The van der Waals surface area contributed by atoms with Crippen molar-refractivity contribution in [3.8, 4) is 11.8 Å². The van der Waals surface area contributed by atoms with E-state index in [0.717, 1.165) is 17.7 Å². The number of pyridine rings is 1. The van der Waals surface area contributed by atoms with Gasteiger partial charge in [-0.05, 0) is 30.2 Å². The highest BCUT2D eigenvalue weighted by Crippen LogP contribution is 2.33. The molecule has 1 unspecified atom stereocenters. The Kier molecular flexibility index (Phi) is 4.24. The van der Waals surface area contributed by atoms with Gasteiger partial charge in [-0.25, -0.2) is 4.98 Å². The van der Waals surface area contributed by atoms with Crippen LogP contribution in [0.25, 0.3) is 0 Å². The van der Waals surface area contributed by atoms with Crippen LogP contribution in [0.3, 0.4) is 0 Å². The fourth-order valence-corrected chi connectivity index (χ4v) is 2.97. The second-order valence-corrected chi connectivity index (χ2v) is 5.52. The van der Waals surface area contributed by atoms with Crippen LogP contribution in [0.2, 0.25) is 0 Å². The molecule has 1 amide bonds. The van der Waals surface area contributed by atoms with Crippen molar-refractivity contribution < 1.29 is 9.53 Å². The molecule has 0 radical (unpaired) electrons. The Bertz CT molecular complexity index is 750. The third-order valence-electron chi connectivity index (χ3n) is 4.18. The van der Waals surface area contributed by atoms with Gasteiger partial charge < -0.3 is 9.64 Å². The number of rotatable bonds is 3. The van der Waals surface area contributed by atoms with Gasteiger partial charge in [-0.3, -0.25) is 4.79 Å². The molecule has 1 fully saturated rings. The van der Waals surface area contributed by atoms with Gasteiger partial charge in [0.2, 0.25) is 0 Å². The van der Waals surface area contributed by atoms with Crippen LogP contribution < -0.4 is 4.74 Å². The molecular weight excluding hydrogens is 290 g/mol. The van der Waals surface area contributed by atoms with Crippen LogP contribution in [0, 0.1) is 11.3 Å². The molecule has 23 heavy (non-hydrogen) atoms. The van der Waals surface area contributed by atoms with Crippen LogP contribution in [-0.2, 0) is 0 Å². The van der Waals surface area contributed by atoms with Crippen LogP contribution in [0.15, 0.2) is 42.6 Å². The smallest absolute Gasteiger partial charge is 0.255 e. The second-order valence-electron chi connectivity index (χ2n) is 5.52. The minimum absolute atomic E-state index is 0.0422. The number of nitrogens with zero attached hydrogens (tertiary/aromatic N) is 3. The lowest BCUT2D eigenvalue weighted by Crippen LogP contribution is -2.28. The molecule has 1 saturated heterocycles. The zero-order valence-electron chi connectivity index (χ0n) is 12.9. The van der Waals surface area contributed by atoms with Crippen LogP contribution in [0.4, 0.5) is 0 Å². The van der Waals surface area contributed by atoms with Crippen molar-refractivity contribution in [2.24, 2.45) is 0 Å². The van der Waals surface area contributed by atoms with Crippen LogP contribution in [0.1, 0.15) is 34.0 Å². The van der Waals surface area contributed by atoms with E-state index in [9.17, 15) is 4.79 Å². The number of hydrogen-bond donors (Lipinski definition) is 0. The number of ether oxygens (including phenoxy) is 1. The summed E-state index contributed by atoms with van der Waals surface area (Å²) in [5, 5.41) is 8.77. The fraction of sp³-hybridized carbons (Fsp3) is 0.278. The predicted molar refractivity (Wildman–Crippen MR) is 85.2 cm³/mol. The predicted octanol–water partition coefficient (Wildman–Crippen LogP) is 2.59. The van der Waals surface area contributed by atoms with Crippen molar-refractivity contribution in [3.05, 3.63) is 59.4 Å². The molecule has 5 heteroatoms. The van der Waals surface area contributed by atoms with E-state index in [1.165, 1.54) is 6.20 Å². The summed E-state index contributed by atoms with van der Waals surface area (Å²) in [5.74, 6) is 1.10. The number of nitriles is 1. The van der Waals surface area contributed by atoms with Gasteiger partial charge in [0.05, 0.1) is 12.7 Å². The maximum absolute atomic E-state index is 12.5. The number of carbonyl (C=O) groups excluding carboxylic acids is 1. The zero-order chi connectivity index (χ0) is 16.2. The van der Waals surface area contributed by atoms with Gasteiger partial charge in [0.25, 0.3) is 5.91 Å². The Morgan fingerprint density at radius 1 is 1.35 bits per heavy atom. The minimum atomic E-state index is -0.0422. The van der Waals surface area contributed by atoms with Crippen LogP contribution >= 0.6 is 0 Å². The number of amides is 1. The number of methoxy groups -OCH3 is 1. The molecule has 1 aromatic carbocycles. The maximum Gasteiger partial charge on any atom is 0.255 e. The molecule has 2 aromatic rings. The van der Waals surface area contributed by atoms with Gasteiger partial charge in [0, 0.05) is 25.2 Å². The van der Waals surface area contributed by atoms with E-state index < -0.39 is 0 Å². The molecular formula is C18H17N3O2. The summed E-state index contributed by atoms with van der Waals surface area (Å²) in [6.45, 7) is 1.38. The number of para-hydroxylation sites is 1. The van der Waals surface area contributed by atoms with E-state index in [-0.39, 0.29) is 11.8 Å². The molecule has 0 bridgehead atoms. The summed E-state index contributed by atoms with van der Waals surface area (Å²) in [4.78, 5) is 18.3. The summed E-state index contributed by atoms with van der Waals surface area (Å²) in [5.41, 5.74) is 1.97. The van der Waals surface area contributed by atoms with Crippen molar-refractivity contribution in [2.45, 2.75) is 12.3 Å². The number of carbonyl (C=O) groups is 1. The number of benzene rings is 1. The van der Waals surface area contributed by atoms with Gasteiger partial charge in [0.15, 0.2) is 0 Å². The standard InChI is InChI=1S/C18H17N3O2/c1-23-17-5-3-2-4-16(17)14-8-9-21(12-14)18(22)13-6-7-15(10-19)20-11-13/h2-7,11,14H,8-9,12H2,1H3. The van der Waals surface area contributed by atoms with E-state index >= 15 is 0 Å². The maximum atomic E-state index is 12.5. The number of likely N-dealkylation sites (tertiary alicyclic amines) is 1. The molecule has 5 nitrogen and oxygen atoms in total. The van der Waals surface area contributed by atoms with E-state index in [1.54, 1.807) is 19.2 Å². The lowest BCUT2D eigenvalue weighted by Gasteiger charge is -2.18.